The van der Waals surface area contributed by atoms with Crippen molar-refractivity contribution >= 4 is 11.7 Å². The lowest BCUT2D eigenvalue weighted by atomic mass is 10.4. The number of amides is 2. The number of hydrogen-bond acceptors (Lipinski definition) is 3. The lowest BCUT2D eigenvalue weighted by molar-refractivity contribution is 0.251. The lowest BCUT2D eigenvalue weighted by Crippen LogP contribution is -2.30. The number of carbonyl (C=O) groups is 1. The molecule has 6 nitrogen and oxygen atoms in total. The fourth-order valence-electron chi connectivity index (χ4n) is 1.56. The van der Waals surface area contributed by atoms with Gasteiger partial charge in [0, 0.05) is 25.0 Å². The van der Waals surface area contributed by atoms with E-state index in [2.05, 4.69) is 10.6 Å². The Balaban J connectivity index is 1.96. The number of aryl methyl sites for hydroxylation is 1. The number of carbonyl (C=O) groups excluding carboxylic acids is 1. The summed E-state index contributed by atoms with van der Waals surface area (Å²) >= 11 is 0. The molecule has 0 aliphatic carbocycles. The van der Waals surface area contributed by atoms with Crippen LogP contribution in [0.5, 0.6) is 0 Å². The Labute approximate surface area is 110 Å². The average molecular weight is 261 g/mol. The van der Waals surface area contributed by atoms with Gasteiger partial charge in [0.05, 0.1) is 12.8 Å². The molecule has 0 unspecified atom stereocenters. The van der Waals surface area contributed by atoms with Crippen molar-refractivity contribution in [2.45, 2.75) is 20.0 Å². The molecule has 2 N–H and O–H groups in total. The second-order valence-electron chi connectivity index (χ2n) is 3.94. The van der Waals surface area contributed by atoms with Crippen molar-refractivity contribution in [1.82, 2.24) is 9.88 Å². The summed E-state index contributed by atoms with van der Waals surface area (Å²) in [4.78, 5) is 23.2. The molecule has 0 radical (unpaired) electrons. The maximum atomic E-state index is 11.6. The maximum Gasteiger partial charge on any atom is 0.319 e. The van der Waals surface area contributed by atoms with Gasteiger partial charge < -0.3 is 19.6 Å². The van der Waals surface area contributed by atoms with Gasteiger partial charge >= 0.3 is 6.03 Å². The zero-order chi connectivity index (χ0) is 13.7. The van der Waals surface area contributed by atoms with Crippen molar-refractivity contribution in [3.8, 4) is 0 Å². The Bertz CT molecular complexity index is 602. The second kappa shape index (κ2) is 5.90. The quantitative estimate of drug-likeness (QED) is 0.880. The Kier molecular flexibility index (Phi) is 4.02. The highest BCUT2D eigenvalue weighted by molar-refractivity contribution is 5.88. The van der Waals surface area contributed by atoms with Gasteiger partial charge in [-0.2, -0.15) is 0 Å². The maximum absolute atomic E-state index is 11.6. The number of nitrogens with zero attached hydrogens (tertiary/aromatic N) is 1. The number of nitrogens with one attached hydrogen (secondary N) is 2. The Morgan fingerprint density at radius 3 is 2.95 bits per heavy atom. The van der Waals surface area contributed by atoms with Crippen molar-refractivity contribution in [1.29, 1.82) is 0 Å². The number of anilines is 1. The molecule has 0 aromatic carbocycles. The second-order valence-corrected chi connectivity index (χ2v) is 3.94. The van der Waals surface area contributed by atoms with Crippen molar-refractivity contribution < 1.29 is 9.21 Å². The van der Waals surface area contributed by atoms with Crippen molar-refractivity contribution in [2.75, 3.05) is 5.32 Å². The fourth-order valence-corrected chi connectivity index (χ4v) is 1.56. The number of pyridine rings is 1. The van der Waals surface area contributed by atoms with Gasteiger partial charge in [-0.25, -0.2) is 4.79 Å². The van der Waals surface area contributed by atoms with Crippen LogP contribution in [0.2, 0.25) is 0 Å². The molecule has 2 rings (SSSR count). The minimum atomic E-state index is -0.442. The van der Waals surface area contributed by atoms with Gasteiger partial charge in [-0.3, -0.25) is 4.79 Å². The summed E-state index contributed by atoms with van der Waals surface area (Å²) in [5.74, 6) is 0.647. The lowest BCUT2D eigenvalue weighted by Gasteiger charge is -2.08. The van der Waals surface area contributed by atoms with Crippen LogP contribution in [-0.4, -0.2) is 10.6 Å². The van der Waals surface area contributed by atoms with E-state index in [1.807, 2.05) is 11.5 Å². The van der Waals surface area contributed by atoms with Crippen LogP contribution in [0.1, 0.15) is 12.7 Å². The molecule has 6 heteroatoms. The van der Waals surface area contributed by atoms with E-state index in [-0.39, 0.29) is 17.7 Å². The molecule has 0 atom stereocenters. The Morgan fingerprint density at radius 2 is 2.26 bits per heavy atom. The average Bonchev–Trinajstić information content (AvgIpc) is 2.92. The molecule has 0 fully saturated rings. The number of hydrogen-bond donors (Lipinski definition) is 2. The largest absolute Gasteiger partial charge is 0.467 e. The third-order valence-corrected chi connectivity index (χ3v) is 2.59. The number of rotatable bonds is 4. The van der Waals surface area contributed by atoms with Crippen molar-refractivity contribution in [3.05, 3.63) is 52.8 Å². The third kappa shape index (κ3) is 3.48. The third-order valence-electron chi connectivity index (χ3n) is 2.59. The number of urea groups is 1. The first-order valence-electron chi connectivity index (χ1n) is 5.96. The minimum absolute atomic E-state index is 0.224. The summed E-state index contributed by atoms with van der Waals surface area (Å²) in [5.41, 5.74) is 0.0270. The van der Waals surface area contributed by atoms with Gasteiger partial charge in [-0.05, 0) is 19.1 Å². The molecule has 2 aromatic heterocycles. The monoisotopic (exact) mass is 261 g/mol. The Morgan fingerprint density at radius 1 is 1.42 bits per heavy atom. The molecule has 0 spiro atoms. The topological polar surface area (TPSA) is 76.3 Å². The minimum Gasteiger partial charge on any atom is -0.467 e. The fraction of sp³-hybridized carbons (Fsp3) is 0.231. The van der Waals surface area contributed by atoms with E-state index in [0.717, 1.165) is 6.54 Å². The molecule has 0 bridgehead atoms. The molecule has 100 valence electrons. The van der Waals surface area contributed by atoms with E-state index in [4.69, 9.17) is 4.42 Å². The van der Waals surface area contributed by atoms with Gasteiger partial charge in [0.25, 0.3) is 0 Å². The highest BCUT2D eigenvalue weighted by atomic mass is 16.3. The highest BCUT2D eigenvalue weighted by Gasteiger charge is 2.06. The first kappa shape index (κ1) is 12.9. The number of furan rings is 1. The molecule has 0 aliphatic rings. The summed E-state index contributed by atoms with van der Waals surface area (Å²) in [6, 6.07) is 4.48. The molecule has 19 heavy (non-hydrogen) atoms. The molecule has 0 saturated heterocycles. The zero-order valence-electron chi connectivity index (χ0n) is 10.6. The van der Waals surface area contributed by atoms with Gasteiger partial charge in [-0.1, -0.05) is 0 Å². The zero-order valence-corrected chi connectivity index (χ0v) is 10.6. The van der Waals surface area contributed by atoms with Crippen LogP contribution in [0.15, 0.2) is 46.1 Å². The van der Waals surface area contributed by atoms with Gasteiger partial charge in [-0.15, -0.1) is 0 Å². The summed E-state index contributed by atoms with van der Waals surface area (Å²) in [6.07, 6.45) is 4.81. The molecule has 2 aromatic rings. The normalized spacial score (nSPS) is 10.2. The van der Waals surface area contributed by atoms with Crippen LogP contribution in [-0.2, 0) is 13.1 Å². The predicted molar refractivity (Wildman–Crippen MR) is 70.9 cm³/mol. The predicted octanol–water partition coefficient (Wildman–Crippen LogP) is 1.78. The van der Waals surface area contributed by atoms with E-state index in [1.165, 1.54) is 12.3 Å². The standard InChI is InChI=1S/C13H15N3O3/c1-2-16-6-5-12(17)11(9-16)15-13(18)14-8-10-4-3-7-19-10/h3-7,9H,2,8H2,1H3,(H2,14,15,18). The molecular formula is C13H15N3O3. The van der Waals surface area contributed by atoms with Crippen LogP contribution in [0.4, 0.5) is 10.5 Å². The number of aromatic nitrogens is 1. The van der Waals surface area contributed by atoms with E-state index in [0.29, 0.717) is 5.76 Å². The van der Waals surface area contributed by atoms with Crippen LogP contribution in [0, 0.1) is 0 Å². The first-order valence-corrected chi connectivity index (χ1v) is 5.96. The summed E-state index contributed by atoms with van der Waals surface area (Å²) in [6.45, 7) is 2.95. The Hall–Kier alpha value is -2.50. The van der Waals surface area contributed by atoms with Crippen LogP contribution in [0.3, 0.4) is 0 Å². The SMILES string of the molecule is CCn1ccc(=O)c(NC(=O)NCc2ccco2)c1. The van der Waals surface area contributed by atoms with Crippen LogP contribution in [0.25, 0.3) is 0 Å². The van der Waals surface area contributed by atoms with Gasteiger partial charge in [0.1, 0.15) is 11.4 Å². The highest BCUT2D eigenvalue weighted by Crippen LogP contribution is 2.01. The first-order chi connectivity index (χ1) is 9.19. The van der Waals surface area contributed by atoms with Crippen LogP contribution >= 0.6 is 0 Å². The van der Waals surface area contributed by atoms with Crippen molar-refractivity contribution in [2.24, 2.45) is 0 Å². The molecule has 0 saturated carbocycles. The molecule has 2 amide bonds. The van der Waals surface area contributed by atoms with Crippen molar-refractivity contribution in [3.63, 3.8) is 0 Å². The molecule has 2 heterocycles. The van der Waals surface area contributed by atoms with Gasteiger partial charge in [0.2, 0.25) is 5.43 Å². The summed E-state index contributed by atoms with van der Waals surface area (Å²) < 4.78 is 6.90. The molecular weight excluding hydrogens is 246 g/mol. The van der Waals surface area contributed by atoms with E-state index < -0.39 is 6.03 Å². The van der Waals surface area contributed by atoms with E-state index >= 15 is 0 Å². The van der Waals surface area contributed by atoms with E-state index in [1.54, 1.807) is 24.5 Å². The van der Waals surface area contributed by atoms with E-state index in [9.17, 15) is 9.59 Å². The summed E-state index contributed by atoms with van der Waals surface area (Å²) in [5, 5.41) is 5.13. The summed E-state index contributed by atoms with van der Waals surface area (Å²) in [7, 11) is 0. The van der Waals surface area contributed by atoms with Gasteiger partial charge in [0.15, 0.2) is 0 Å². The van der Waals surface area contributed by atoms with Crippen LogP contribution < -0.4 is 16.1 Å². The molecule has 0 aliphatic heterocycles. The smallest absolute Gasteiger partial charge is 0.319 e.